The first-order chi connectivity index (χ1) is 15.0. The van der Waals surface area contributed by atoms with Crippen molar-refractivity contribution < 1.29 is 4.79 Å². The van der Waals surface area contributed by atoms with Crippen LogP contribution in [0.4, 0.5) is 5.69 Å². The third-order valence-electron chi connectivity index (χ3n) is 4.43. The molecule has 2 aromatic carbocycles. The van der Waals surface area contributed by atoms with Crippen molar-refractivity contribution in [1.82, 2.24) is 19.7 Å². The monoisotopic (exact) mass is 513 g/mol. The number of carbonyl (C=O) groups excluding carboxylic acids is 1. The van der Waals surface area contributed by atoms with Gasteiger partial charge in [0, 0.05) is 38.8 Å². The molecule has 0 aliphatic carbocycles. The molecule has 0 aliphatic rings. The van der Waals surface area contributed by atoms with Crippen molar-refractivity contribution in [2.24, 2.45) is 0 Å². The molecule has 0 spiro atoms. The van der Waals surface area contributed by atoms with Crippen molar-refractivity contribution in [2.45, 2.75) is 12.1 Å². The molecule has 9 heteroatoms. The fraction of sp³-hybridized carbons (Fsp3) is 0.0909. The summed E-state index contributed by atoms with van der Waals surface area (Å²) < 4.78 is 2.87. The lowest BCUT2D eigenvalue weighted by molar-refractivity contribution is -0.113. The lowest BCUT2D eigenvalue weighted by atomic mass is 10.2. The van der Waals surface area contributed by atoms with Crippen LogP contribution < -0.4 is 5.32 Å². The summed E-state index contributed by atoms with van der Waals surface area (Å²) in [5.41, 5.74) is 3.44. The summed E-state index contributed by atoms with van der Waals surface area (Å²) in [5.74, 6) is 0.708. The SMILES string of the molecule is Cc1cc(Br)ccc1NC(=O)CSc1nnc(-c2cccnc2)n1-c1ccc(Cl)cc1. The van der Waals surface area contributed by atoms with Crippen LogP contribution in [-0.4, -0.2) is 31.4 Å². The summed E-state index contributed by atoms with van der Waals surface area (Å²) in [7, 11) is 0. The number of pyridine rings is 1. The highest BCUT2D eigenvalue weighted by Gasteiger charge is 2.17. The van der Waals surface area contributed by atoms with Crippen molar-refractivity contribution in [3.8, 4) is 17.1 Å². The molecule has 0 unspecified atom stereocenters. The van der Waals surface area contributed by atoms with Crippen LogP contribution in [0.25, 0.3) is 17.1 Å². The molecule has 2 aromatic heterocycles. The average Bonchev–Trinajstić information content (AvgIpc) is 3.19. The Labute approximate surface area is 197 Å². The molecule has 4 rings (SSSR count). The van der Waals surface area contributed by atoms with E-state index in [1.807, 2.05) is 54.0 Å². The van der Waals surface area contributed by atoms with Gasteiger partial charge in [0.05, 0.1) is 5.75 Å². The molecule has 0 saturated heterocycles. The Morgan fingerprint density at radius 1 is 1.16 bits per heavy atom. The Morgan fingerprint density at radius 2 is 1.97 bits per heavy atom. The smallest absolute Gasteiger partial charge is 0.234 e. The van der Waals surface area contributed by atoms with E-state index in [1.165, 1.54) is 11.8 Å². The van der Waals surface area contributed by atoms with Gasteiger partial charge in [0.15, 0.2) is 11.0 Å². The molecule has 0 aliphatic heterocycles. The number of amides is 1. The van der Waals surface area contributed by atoms with Crippen molar-refractivity contribution in [3.05, 3.63) is 82.0 Å². The van der Waals surface area contributed by atoms with Gasteiger partial charge >= 0.3 is 0 Å². The molecule has 31 heavy (non-hydrogen) atoms. The lowest BCUT2D eigenvalue weighted by Gasteiger charge is -2.11. The lowest BCUT2D eigenvalue weighted by Crippen LogP contribution is -2.15. The Kier molecular flexibility index (Phi) is 6.70. The average molecular weight is 515 g/mol. The largest absolute Gasteiger partial charge is 0.325 e. The Balaban J connectivity index is 1.58. The van der Waals surface area contributed by atoms with Gasteiger partial charge in [0.25, 0.3) is 0 Å². The summed E-state index contributed by atoms with van der Waals surface area (Å²) in [6.07, 6.45) is 3.44. The molecule has 6 nitrogen and oxygen atoms in total. The number of aromatic nitrogens is 4. The minimum absolute atomic E-state index is 0.121. The zero-order chi connectivity index (χ0) is 21.8. The second-order valence-corrected chi connectivity index (χ2v) is 8.95. The summed E-state index contributed by atoms with van der Waals surface area (Å²) >= 11 is 10.8. The van der Waals surface area contributed by atoms with Crippen molar-refractivity contribution in [1.29, 1.82) is 0 Å². The highest BCUT2D eigenvalue weighted by Crippen LogP contribution is 2.28. The molecule has 0 fully saturated rings. The minimum atomic E-state index is -0.121. The van der Waals surface area contributed by atoms with Crippen molar-refractivity contribution in [2.75, 3.05) is 11.1 Å². The predicted octanol–water partition coefficient (Wildman–Crippen LogP) is 5.78. The summed E-state index contributed by atoms with van der Waals surface area (Å²) in [6.45, 7) is 1.95. The first kappa shape index (κ1) is 21.5. The van der Waals surface area contributed by atoms with E-state index < -0.39 is 0 Å². The molecule has 1 amide bonds. The fourth-order valence-corrected chi connectivity index (χ4v) is 4.31. The number of anilines is 1. The predicted molar refractivity (Wildman–Crippen MR) is 128 cm³/mol. The van der Waals surface area contributed by atoms with E-state index in [-0.39, 0.29) is 11.7 Å². The zero-order valence-corrected chi connectivity index (χ0v) is 19.6. The normalized spacial score (nSPS) is 10.8. The highest BCUT2D eigenvalue weighted by molar-refractivity contribution is 9.10. The number of aryl methyl sites for hydroxylation is 1. The Bertz CT molecular complexity index is 1210. The Morgan fingerprint density at radius 3 is 2.68 bits per heavy atom. The van der Waals surface area contributed by atoms with Crippen molar-refractivity contribution >= 4 is 50.9 Å². The maximum atomic E-state index is 12.6. The van der Waals surface area contributed by atoms with Gasteiger partial charge in [-0.1, -0.05) is 39.3 Å². The second-order valence-electron chi connectivity index (χ2n) is 6.66. The van der Waals surface area contributed by atoms with Crippen molar-refractivity contribution in [3.63, 3.8) is 0 Å². The van der Waals surface area contributed by atoms with E-state index in [0.717, 1.165) is 27.0 Å². The van der Waals surface area contributed by atoms with E-state index in [1.54, 1.807) is 24.5 Å². The topological polar surface area (TPSA) is 72.7 Å². The van der Waals surface area contributed by atoms with Crippen LogP contribution >= 0.6 is 39.3 Å². The number of rotatable bonds is 6. The molecule has 0 bridgehead atoms. The van der Waals surface area contributed by atoms with Gasteiger partial charge in [0.1, 0.15) is 0 Å². The first-order valence-corrected chi connectivity index (χ1v) is 11.5. The summed E-state index contributed by atoms with van der Waals surface area (Å²) in [6, 6.07) is 16.9. The summed E-state index contributed by atoms with van der Waals surface area (Å²) in [4.78, 5) is 16.7. The van der Waals surface area contributed by atoms with Gasteiger partial charge in [0.2, 0.25) is 5.91 Å². The van der Waals surface area contributed by atoms with Gasteiger partial charge in [-0.15, -0.1) is 10.2 Å². The van der Waals surface area contributed by atoms with Gasteiger partial charge in [-0.25, -0.2) is 0 Å². The van der Waals surface area contributed by atoms with Crippen LogP contribution in [-0.2, 0) is 4.79 Å². The molecular formula is C22H17BrClN5OS. The molecule has 156 valence electrons. The number of carbonyl (C=O) groups is 1. The van der Waals surface area contributed by atoms with E-state index in [2.05, 4.69) is 36.4 Å². The third-order valence-corrected chi connectivity index (χ3v) is 6.11. The molecule has 2 heterocycles. The minimum Gasteiger partial charge on any atom is -0.325 e. The highest BCUT2D eigenvalue weighted by atomic mass is 79.9. The van der Waals surface area contributed by atoms with E-state index >= 15 is 0 Å². The summed E-state index contributed by atoms with van der Waals surface area (Å²) in [5, 5.41) is 12.9. The number of nitrogens with zero attached hydrogens (tertiary/aromatic N) is 4. The standard InChI is InChI=1S/C22H17BrClN5OS/c1-14-11-16(23)4-9-19(14)26-20(30)13-31-22-28-27-21(15-3-2-10-25-12-15)29(22)18-7-5-17(24)6-8-18/h2-12H,13H2,1H3,(H,26,30). The van der Waals surface area contributed by atoms with Crippen LogP contribution in [0.2, 0.25) is 5.02 Å². The molecule has 0 saturated carbocycles. The fourth-order valence-electron chi connectivity index (χ4n) is 2.95. The second kappa shape index (κ2) is 9.64. The van der Waals surface area contributed by atoms with Gasteiger partial charge in [-0.05, 0) is 67.1 Å². The quantitative estimate of drug-likeness (QED) is 0.330. The van der Waals surface area contributed by atoms with Gasteiger partial charge < -0.3 is 5.32 Å². The van der Waals surface area contributed by atoms with E-state index in [0.29, 0.717) is 16.0 Å². The maximum absolute atomic E-state index is 12.6. The number of nitrogens with one attached hydrogen (secondary N) is 1. The molecular weight excluding hydrogens is 498 g/mol. The van der Waals surface area contributed by atoms with Gasteiger partial charge in [-0.2, -0.15) is 0 Å². The van der Waals surface area contributed by atoms with E-state index in [4.69, 9.17) is 11.6 Å². The molecule has 0 atom stereocenters. The van der Waals surface area contributed by atoms with Gasteiger partial charge in [-0.3, -0.25) is 14.3 Å². The Hall–Kier alpha value is -2.68. The van der Waals surface area contributed by atoms with Crippen LogP contribution in [0.5, 0.6) is 0 Å². The van der Waals surface area contributed by atoms with E-state index in [9.17, 15) is 4.79 Å². The third kappa shape index (κ3) is 5.15. The number of thioether (sulfide) groups is 1. The molecule has 1 N–H and O–H groups in total. The van der Waals surface area contributed by atoms with Crippen LogP contribution in [0.3, 0.4) is 0 Å². The van der Waals surface area contributed by atoms with Crippen LogP contribution in [0.15, 0.2) is 76.6 Å². The number of halogens is 2. The van der Waals surface area contributed by atoms with Crippen LogP contribution in [0, 0.1) is 6.92 Å². The maximum Gasteiger partial charge on any atom is 0.234 e. The first-order valence-electron chi connectivity index (χ1n) is 9.32. The van der Waals surface area contributed by atoms with Crippen LogP contribution in [0.1, 0.15) is 5.56 Å². The molecule has 0 radical (unpaired) electrons. The molecule has 4 aromatic rings. The number of hydrogen-bond donors (Lipinski definition) is 1. The zero-order valence-electron chi connectivity index (χ0n) is 16.4. The number of benzene rings is 2. The number of hydrogen-bond acceptors (Lipinski definition) is 5.